The fourth-order valence-electron chi connectivity index (χ4n) is 4.82. The molecule has 1 N–H and O–H groups in total. The molecule has 2 aromatic heterocycles. The van der Waals surface area contributed by atoms with Crippen molar-refractivity contribution in [2.75, 3.05) is 24.6 Å². The van der Waals surface area contributed by atoms with Gasteiger partial charge in [-0.3, -0.25) is 0 Å². The second-order valence-corrected chi connectivity index (χ2v) is 8.57. The average Bonchev–Trinajstić information content (AvgIpc) is 3.02. The molecule has 29 heavy (non-hydrogen) atoms. The van der Waals surface area contributed by atoms with Crippen molar-refractivity contribution in [3.8, 4) is 5.69 Å². The van der Waals surface area contributed by atoms with Gasteiger partial charge in [-0.25, -0.2) is 4.98 Å². The Labute approximate surface area is 174 Å². The molecule has 0 saturated carbocycles. The van der Waals surface area contributed by atoms with Gasteiger partial charge in [0.1, 0.15) is 12.9 Å². The molecule has 3 aromatic rings. The van der Waals surface area contributed by atoms with Crippen LogP contribution in [0.3, 0.4) is 0 Å². The Morgan fingerprint density at radius 3 is 2.28 bits per heavy atom. The molecule has 1 saturated heterocycles. The van der Waals surface area contributed by atoms with Crippen molar-refractivity contribution < 1.29 is 5.11 Å². The summed E-state index contributed by atoms with van der Waals surface area (Å²) < 4.78 is 2.28. The molecule has 0 aliphatic carbocycles. The molecule has 4 rings (SSSR count). The fourth-order valence-corrected chi connectivity index (χ4v) is 4.82. The SMILES string of the molecule is C[B]c1cc(C)c(-n2cc(C)c3c(N4CCC(CO)CC4)cc(C)nc32)c(C)c1. The third-order valence-electron chi connectivity index (χ3n) is 6.35. The van der Waals surface area contributed by atoms with E-state index in [0.29, 0.717) is 12.5 Å². The van der Waals surface area contributed by atoms with Gasteiger partial charge in [0.2, 0.25) is 0 Å². The summed E-state index contributed by atoms with van der Waals surface area (Å²) in [7, 11) is 2.15. The molecule has 5 heteroatoms. The maximum atomic E-state index is 9.49. The molecule has 0 unspecified atom stereocenters. The summed E-state index contributed by atoms with van der Waals surface area (Å²) in [6.45, 7) is 13.0. The van der Waals surface area contributed by atoms with Crippen LogP contribution < -0.4 is 10.4 Å². The quantitative estimate of drug-likeness (QED) is 0.691. The molecule has 4 nitrogen and oxygen atoms in total. The molecular formula is C24H31BN3O. The van der Waals surface area contributed by atoms with E-state index in [2.05, 4.69) is 75.7 Å². The van der Waals surface area contributed by atoms with Gasteiger partial charge < -0.3 is 14.6 Å². The van der Waals surface area contributed by atoms with Gasteiger partial charge in [0.15, 0.2) is 0 Å². The van der Waals surface area contributed by atoms with Crippen LogP contribution in [0.1, 0.15) is 35.2 Å². The van der Waals surface area contributed by atoms with Gasteiger partial charge in [-0.1, -0.05) is 24.4 Å². The largest absolute Gasteiger partial charge is 0.396 e. The lowest BCUT2D eigenvalue weighted by molar-refractivity contribution is 0.203. The van der Waals surface area contributed by atoms with E-state index in [1.165, 1.54) is 38.9 Å². The molecule has 0 bridgehead atoms. The van der Waals surface area contributed by atoms with E-state index in [1.54, 1.807) is 0 Å². The third-order valence-corrected chi connectivity index (χ3v) is 6.35. The highest BCUT2D eigenvalue weighted by Crippen LogP contribution is 2.35. The van der Waals surface area contributed by atoms with Crippen LogP contribution in [-0.4, -0.2) is 41.6 Å². The number of hydrogen-bond acceptors (Lipinski definition) is 3. The number of aliphatic hydroxyl groups excluding tert-OH is 1. The van der Waals surface area contributed by atoms with Crippen LogP contribution in [0, 0.1) is 33.6 Å². The van der Waals surface area contributed by atoms with Crippen LogP contribution in [-0.2, 0) is 0 Å². The van der Waals surface area contributed by atoms with Gasteiger partial charge in [-0.05, 0) is 69.2 Å². The standard InChI is InChI=1S/C24H31BN3O/c1-15-10-20(25-5)11-16(2)23(15)28-13-17(3)22-21(12-18(4)26-24(22)28)27-8-6-19(14-29)7-9-27/h10-13,19,29H,6-9,14H2,1-5H3. The van der Waals surface area contributed by atoms with E-state index in [-0.39, 0.29) is 0 Å². The van der Waals surface area contributed by atoms with E-state index in [4.69, 9.17) is 4.98 Å². The third kappa shape index (κ3) is 3.57. The van der Waals surface area contributed by atoms with Gasteiger partial charge >= 0.3 is 0 Å². The molecule has 1 aliphatic heterocycles. The van der Waals surface area contributed by atoms with Crippen molar-refractivity contribution in [1.29, 1.82) is 0 Å². The minimum atomic E-state index is 0.303. The van der Waals surface area contributed by atoms with Crippen molar-refractivity contribution in [1.82, 2.24) is 9.55 Å². The normalized spacial score (nSPS) is 15.3. The van der Waals surface area contributed by atoms with Crippen LogP contribution in [0.2, 0.25) is 6.82 Å². The van der Waals surface area contributed by atoms with E-state index in [0.717, 1.165) is 37.3 Å². The second kappa shape index (κ2) is 7.87. The number of fused-ring (bicyclic) bond motifs is 1. The number of aromatic nitrogens is 2. The number of pyridine rings is 1. The predicted molar refractivity (Wildman–Crippen MR) is 123 cm³/mol. The van der Waals surface area contributed by atoms with Crippen LogP contribution in [0.4, 0.5) is 5.69 Å². The molecule has 0 atom stereocenters. The van der Waals surface area contributed by atoms with E-state index in [9.17, 15) is 5.11 Å². The molecular weight excluding hydrogens is 357 g/mol. The lowest BCUT2D eigenvalue weighted by Gasteiger charge is -2.33. The number of benzene rings is 1. The first-order valence-electron chi connectivity index (χ1n) is 10.7. The van der Waals surface area contributed by atoms with E-state index >= 15 is 0 Å². The van der Waals surface area contributed by atoms with Crippen molar-refractivity contribution in [3.05, 3.63) is 46.8 Å². The molecule has 0 amide bonds. The summed E-state index contributed by atoms with van der Waals surface area (Å²) in [5.74, 6) is 0.439. The Balaban J connectivity index is 1.87. The number of hydrogen-bond donors (Lipinski definition) is 1. The number of rotatable bonds is 4. The maximum absolute atomic E-state index is 9.49. The molecule has 1 radical (unpaired) electrons. The molecule has 1 aliphatic rings. The number of piperidine rings is 1. The number of aryl methyl sites for hydroxylation is 4. The van der Waals surface area contributed by atoms with Gasteiger partial charge in [0.05, 0.1) is 5.69 Å². The lowest BCUT2D eigenvalue weighted by Crippen LogP contribution is -2.35. The topological polar surface area (TPSA) is 41.3 Å². The highest BCUT2D eigenvalue weighted by Gasteiger charge is 2.23. The zero-order valence-corrected chi connectivity index (χ0v) is 18.3. The monoisotopic (exact) mass is 388 g/mol. The average molecular weight is 388 g/mol. The zero-order valence-electron chi connectivity index (χ0n) is 18.3. The van der Waals surface area contributed by atoms with Gasteiger partial charge in [0.25, 0.3) is 0 Å². The summed E-state index contributed by atoms with van der Waals surface area (Å²) in [6, 6.07) is 6.73. The Bertz CT molecular complexity index is 1020. The smallest absolute Gasteiger partial charge is 0.148 e. The first kappa shape index (κ1) is 20.0. The molecule has 151 valence electrons. The Hall–Kier alpha value is -2.27. The van der Waals surface area contributed by atoms with E-state index in [1.807, 2.05) is 0 Å². The first-order valence-corrected chi connectivity index (χ1v) is 10.7. The van der Waals surface area contributed by atoms with Gasteiger partial charge in [0, 0.05) is 42.7 Å². The maximum Gasteiger partial charge on any atom is 0.148 e. The first-order chi connectivity index (χ1) is 13.9. The number of nitrogens with zero attached hydrogens (tertiary/aromatic N) is 3. The number of anilines is 1. The second-order valence-electron chi connectivity index (χ2n) is 8.57. The van der Waals surface area contributed by atoms with Crippen molar-refractivity contribution >= 4 is 29.5 Å². The Morgan fingerprint density at radius 1 is 1.03 bits per heavy atom. The molecule has 1 aromatic carbocycles. The molecule has 0 spiro atoms. The highest BCUT2D eigenvalue weighted by molar-refractivity contribution is 6.52. The summed E-state index contributed by atoms with van der Waals surface area (Å²) in [5.41, 5.74) is 9.66. The van der Waals surface area contributed by atoms with Crippen molar-refractivity contribution in [2.24, 2.45) is 5.92 Å². The molecule has 1 fully saturated rings. The van der Waals surface area contributed by atoms with Crippen LogP contribution in [0.5, 0.6) is 0 Å². The molecule has 3 heterocycles. The van der Waals surface area contributed by atoms with Crippen LogP contribution >= 0.6 is 0 Å². The predicted octanol–water partition coefficient (Wildman–Crippen LogP) is 3.85. The summed E-state index contributed by atoms with van der Waals surface area (Å²) in [5, 5.41) is 10.7. The van der Waals surface area contributed by atoms with Crippen LogP contribution in [0.25, 0.3) is 16.7 Å². The Morgan fingerprint density at radius 2 is 1.69 bits per heavy atom. The van der Waals surface area contributed by atoms with Crippen molar-refractivity contribution in [3.63, 3.8) is 0 Å². The number of aliphatic hydroxyl groups is 1. The Kier molecular flexibility index (Phi) is 5.43. The lowest BCUT2D eigenvalue weighted by atomic mass is 9.72. The van der Waals surface area contributed by atoms with E-state index < -0.39 is 0 Å². The van der Waals surface area contributed by atoms with Crippen molar-refractivity contribution in [2.45, 2.75) is 47.4 Å². The zero-order chi connectivity index (χ0) is 20.7. The van der Waals surface area contributed by atoms with Gasteiger partial charge in [-0.15, -0.1) is 0 Å². The summed E-state index contributed by atoms with van der Waals surface area (Å²) >= 11 is 0. The van der Waals surface area contributed by atoms with Gasteiger partial charge in [-0.2, -0.15) is 0 Å². The summed E-state index contributed by atoms with van der Waals surface area (Å²) in [4.78, 5) is 7.45. The van der Waals surface area contributed by atoms with Crippen LogP contribution in [0.15, 0.2) is 24.4 Å². The summed E-state index contributed by atoms with van der Waals surface area (Å²) in [6.07, 6.45) is 4.34. The highest BCUT2D eigenvalue weighted by atomic mass is 16.3. The minimum Gasteiger partial charge on any atom is -0.396 e. The fraction of sp³-hybridized carbons (Fsp3) is 0.458. The minimum absolute atomic E-state index is 0.303.